The van der Waals surface area contributed by atoms with Crippen molar-refractivity contribution in [2.75, 3.05) is 6.61 Å². The Bertz CT molecular complexity index is 593. The molecule has 4 heteroatoms. The van der Waals surface area contributed by atoms with Gasteiger partial charge in [0.1, 0.15) is 8.07 Å². The van der Waals surface area contributed by atoms with E-state index in [2.05, 4.69) is 45.2 Å². The van der Waals surface area contributed by atoms with E-state index < -0.39 is 14.0 Å². The third kappa shape index (κ3) is 10.6. The van der Waals surface area contributed by atoms with E-state index in [-0.39, 0.29) is 0 Å². The molecule has 31 heavy (non-hydrogen) atoms. The Kier molecular flexibility index (Phi) is 15.3. The molecule has 1 aromatic carbocycles. The normalized spacial score (nSPS) is 11.5. The van der Waals surface area contributed by atoms with Crippen molar-refractivity contribution in [3.05, 3.63) is 42.1 Å². The Morgan fingerprint density at radius 3 is 1.74 bits per heavy atom. The van der Waals surface area contributed by atoms with E-state index in [0.717, 1.165) is 24.9 Å². The molecule has 0 fully saturated rings. The van der Waals surface area contributed by atoms with Crippen LogP contribution in [0.3, 0.4) is 0 Å². The first-order chi connectivity index (χ1) is 15.1. The van der Waals surface area contributed by atoms with Gasteiger partial charge in [-0.15, -0.1) is 6.58 Å². The van der Waals surface area contributed by atoms with Gasteiger partial charge in [-0.05, 0) is 18.6 Å². The molecule has 176 valence electrons. The van der Waals surface area contributed by atoms with Crippen LogP contribution in [0.1, 0.15) is 108 Å². The molecule has 0 aromatic heterocycles. The van der Waals surface area contributed by atoms with Crippen molar-refractivity contribution in [1.82, 2.24) is 0 Å². The van der Waals surface area contributed by atoms with Crippen LogP contribution >= 0.6 is 0 Å². The zero-order chi connectivity index (χ0) is 22.8. The van der Waals surface area contributed by atoms with Crippen LogP contribution in [-0.4, -0.2) is 20.7 Å². The largest absolute Gasteiger partial charge is 0.373 e. The molecule has 0 N–H and O–H groups in total. The van der Waals surface area contributed by atoms with E-state index in [0.29, 0.717) is 12.2 Å². The highest BCUT2D eigenvalue weighted by Crippen LogP contribution is 2.17. The van der Waals surface area contributed by atoms with Crippen LogP contribution in [0.5, 0.6) is 0 Å². The summed E-state index contributed by atoms with van der Waals surface area (Å²) in [5.74, 6) is -0.413. The lowest BCUT2D eigenvalue weighted by molar-refractivity contribution is -0.241. The molecule has 0 spiro atoms. The molecule has 0 saturated heterocycles. The second kappa shape index (κ2) is 17.2. The summed E-state index contributed by atoms with van der Waals surface area (Å²) >= 11 is 0. The maximum absolute atomic E-state index is 12.2. The van der Waals surface area contributed by atoms with Crippen molar-refractivity contribution in [2.45, 2.75) is 110 Å². The van der Waals surface area contributed by atoms with Crippen LogP contribution in [0.15, 0.2) is 36.5 Å². The Balaban J connectivity index is 2.10. The second-order valence-electron chi connectivity index (χ2n) is 8.73. The van der Waals surface area contributed by atoms with Gasteiger partial charge >= 0.3 is 5.97 Å². The molecule has 0 aliphatic carbocycles. The first-order valence-electron chi connectivity index (χ1n) is 12.7. The van der Waals surface area contributed by atoms with Crippen molar-refractivity contribution >= 4 is 19.2 Å². The summed E-state index contributed by atoms with van der Waals surface area (Å²) in [5, 5.41) is 1.32. The first-order valence-corrected chi connectivity index (χ1v) is 15.2. The lowest BCUT2D eigenvalue weighted by atomic mass is 10.1. The molecule has 0 amide bonds. The molecule has 0 bridgehead atoms. The quantitative estimate of drug-likeness (QED) is 0.0937. The minimum absolute atomic E-state index is 0.413. The zero-order valence-corrected chi connectivity index (χ0v) is 21.4. The molecular formula is C27H46O3Si. The van der Waals surface area contributed by atoms with E-state index in [9.17, 15) is 4.79 Å². The maximum Gasteiger partial charge on any atom is 0.373 e. The highest BCUT2D eigenvalue weighted by molar-refractivity contribution is 6.95. The summed E-state index contributed by atoms with van der Waals surface area (Å²) in [6, 6.07) is 10.1. The standard InChI is InChI=1S/C27H46O3Si/c1-5-9-10-11-12-13-14-15-16-17-18-19-24-29-30-27(28)25-20-22-26(23-21-25)31(6-2,7-3)8-4/h6,20-23H,2,5,7-19,24H2,1,3-4H3. The summed E-state index contributed by atoms with van der Waals surface area (Å²) in [5.41, 5.74) is 2.69. The topological polar surface area (TPSA) is 35.5 Å². The number of unbranched alkanes of at least 4 members (excludes halogenated alkanes) is 11. The zero-order valence-electron chi connectivity index (χ0n) is 20.4. The molecule has 1 aromatic rings. The second-order valence-corrected chi connectivity index (χ2v) is 13.4. The lowest BCUT2D eigenvalue weighted by Gasteiger charge is -2.25. The molecule has 0 heterocycles. The van der Waals surface area contributed by atoms with E-state index in [1.54, 1.807) is 0 Å². The van der Waals surface area contributed by atoms with Gasteiger partial charge in [0, 0.05) is 0 Å². The molecule has 3 nitrogen and oxygen atoms in total. The molecule has 0 aliphatic rings. The van der Waals surface area contributed by atoms with Gasteiger partial charge in [0.2, 0.25) is 0 Å². The molecule has 0 atom stereocenters. The van der Waals surface area contributed by atoms with Crippen molar-refractivity contribution in [2.24, 2.45) is 0 Å². The lowest BCUT2D eigenvalue weighted by Crippen LogP contribution is -2.44. The Hall–Kier alpha value is -1.39. The van der Waals surface area contributed by atoms with Crippen LogP contribution < -0.4 is 5.19 Å². The number of benzene rings is 1. The summed E-state index contributed by atoms with van der Waals surface area (Å²) in [7, 11) is -1.63. The molecule has 0 saturated carbocycles. The molecule has 0 aliphatic heterocycles. The van der Waals surface area contributed by atoms with Crippen molar-refractivity contribution in [1.29, 1.82) is 0 Å². The van der Waals surface area contributed by atoms with Crippen LogP contribution in [0.4, 0.5) is 0 Å². The minimum atomic E-state index is -1.63. The summed E-state index contributed by atoms with van der Waals surface area (Å²) in [4.78, 5) is 22.3. The predicted octanol–water partition coefficient (Wildman–Crippen LogP) is 7.90. The highest BCUT2D eigenvalue weighted by atomic mass is 28.3. The van der Waals surface area contributed by atoms with Crippen molar-refractivity contribution in [3.63, 3.8) is 0 Å². The summed E-state index contributed by atoms with van der Waals surface area (Å²) in [6.07, 6.45) is 15.6. The minimum Gasteiger partial charge on any atom is -0.293 e. The molecule has 1 rings (SSSR count). The number of hydrogen-bond acceptors (Lipinski definition) is 3. The van der Waals surface area contributed by atoms with Crippen LogP contribution in [0.2, 0.25) is 12.1 Å². The monoisotopic (exact) mass is 446 g/mol. The Morgan fingerprint density at radius 2 is 1.29 bits per heavy atom. The van der Waals surface area contributed by atoms with Crippen LogP contribution in [0.25, 0.3) is 0 Å². The van der Waals surface area contributed by atoms with Crippen molar-refractivity contribution < 1.29 is 14.6 Å². The van der Waals surface area contributed by atoms with E-state index >= 15 is 0 Å². The molecule has 0 unspecified atom stereocenters. The van der Waals surface area contributed by atoms with Gasteiger partial charge in [0.15, 0.2) is 0 Å². The number of carbonyl (C=O) groups excluding carboxylic acids is 1. The molecular weight excluding hydrogens is 400 g/mol. The number of rotatable bonds is 19. The van der Waals surface area contributed by atoms with E-state index in [1.165, 1.54) is 69.4 Å². The highest BCUT2D eigenvalue weighted by Gasteiger charge is 2.27. The average Bonchev–Trinajstić information content (AvgIpc) is 2.81. The van der Waals surface area contributed by atoms with Gasteiger partial charge in [-0.1, -0.05) is 127 Å². The third-order valence-electron chi connectivity index (χ3n) is 6.56. The SMILES string of the molecule is C=C[Si](CC)(CC)c1ccc(C(=O)OOCCCCCCCCCCCCCC)cc1. The van der Waals surface area contributed by atoms with Gasteiger partial charge in [-0.2, -0.15) is 4.89 Å². The fourth-order valence-electron chi connectivity index (χ4n) is 4.15. The predicted molar refractivity (Wildman–Crippen MR) is 135 cm³/mol. The van der Waals surface area contributed by atoms with E-state index in [1.807, 2.05) is 12.1 Å². The molecule has 0 radical (unpaired) electrons. The summed E-state index contributed by atoms with van der Waals surface area (Å²) < 4.78 is 0. The van der Waals surface area contributed by atoms with Crippen molar-refractivity contribution in [3.8, 4) is 0 Å². The van der Waals surface area contributed by atoms with Crippen LogP contribution in [-0.2, 0) is 9.78 Å². The van der Waals surface area contributed by atoms with Crippen LogP contribution in [0, 0.1) is 0 Å². The number of hydrogen-bond donors (Lipinski definition) is 0. The first kappa shape index (κ1) is 27.6. The Morgan fingerprint density at radius 1 is 0.806 bits per heavy atom. The summed E-state index contributed by atoms with van der Waals surface area (Å²) in [6.45, 7) is 11.2. The van der Waals surface area contributed by atoms with Gasteiger partial charge in [0.25, 0.3) is 0 Å². The van der Waals surface area contributed by atoms with Gasteiger partial charge in [0.05, 0.1) is 12.2 Å². The Labute approximate surface area is 192 Å². The van der Waals surface area contributed by atoms with Gasteiger partial charge in [-0.25, -0.2) is 4.79 Å². The fourth-order valence-corrected chi connectivity index (χ4v) is 7.11. The smallest absolute Gasteiger partial charge is 0.293 e. The van der Waals surface area contributed by atoms with Gasteiger partial charge in [-0.3, -0.25) is 4.89 Å². The fraction of sp³-hybridized carbons (Fsp3) is 0.667. The van der Waals surface area contributed by atoms with Gasteiger partial charge < -0.3 is 0 Å². The third-order valence-corrected chi connectivity index (χ3v) is 11.4. The number of carbonyl (C=O) groups is 1. The maximum atomic E-state index is 12.2. The average molecular weight is 447 g/mol. The van der Waals surface area contributed by atoms with E-state index in [4.69, 9.17) is 9.78 Å².